The summed E-state index contributed by atoms with van der Waals surface area (Å²) in [6, 6.07) is 12.0. The van der Waals surface area contributed by atoms with Crippen LogP contribution in [0.1, 0.15) is 37.1 Å². The number of halogens is 2. The third-order valence-corrected chi connectivity index (χ3v) is 4.71. The van der Waals surface area contributed by atoms with E-state index in [4.69, 9.17) is 0 Å². The molecule has 0 saturated carbocycles. The van der Waals surface area contributed by atoms with Gasteiger partial charge in [0, 0.05) is 23.9 Å². The van der Waals surface area contributed by atoms with Crippen LogP contribution in [0.3, 0.4) is 0 Å². The Morgan fingerprint density at radius 2 is 1.09 bits per heavy atom. The van der Waals surface area contributed by atoms with Crippen LogP contribution in [0.2, 0.25) is 0 Å². The maximum absolute atomic E-state index is 13.1. The Morgan fingerprint density at radius 3 is 1.43 bits per heavy atom. The van der Waals surface area contributed by atoms with Gasteiger partial charge in [0.2, 0.25) is 0 Å². The highest BCUT2D eigenvalue weighted by molar-refractivity contribution is 5.85. The Morgan fingerprint density at radius 1 is 0.739 bits per heavy atom. The van der Waals surface area contributed by atoms with Crippen LogP contribution in [-0.4, -0.2) is 5.78 Å². The summed E-state index contributed by atoms with van der Waals surface area (Å²) in [6.45, 7) is 3.78. The van der Waals surface area contributed by atoms with Crippen LogP contribution in [0.15, 0.2) is 48.5 Å². The molecule has 1 N–H and O–H groups in total. The minimum atomic E-state index is -0.299. The first-order valence-corrected chi connectivity index (χ1v) is 7.78. The molecule has 0 spiro atoms. The van der Waals surface area contributed by atoms with E-state index in [9.17, 15) is 13.6 Å². The number of rotatable bonds is 2. The van der Waals surface area contributed by atoms with Crippen molar-refractivity contribution in [1.82, 2.24) is 5.32 Å². The smallest absolute Gasteiger partial charge is 0.142 e. The fourth-order valence-electron chi connectivity index (χ4n) is 3.34. The normalized spacial score (nSPS) is 27.9. The summed E-state index contributed by atoms with van der Waals surface area (Å²) in [5, 5.41) is 3.49. The summed E-state index contributed by atoms with van der Waals surface area (Å²) in [7, 11) is 0. The maximum Gasteiger partial charge on any atom is 0.142 e. The van der Waals surface area contributed by atoms with E-state index < -0.39 is 0 Å². The van der Waals surface area contributed by atoms with Gasteiger partial charge < -0.3 is 5.32 Å². The van der Waals surface area contributed by atoms with Crippen molar-refractivity contribution in [3.8, 4) is 0 Å². The summed E-state index contributed by atoms with van der Waals surface area (Å²) in [4.78, 5) is 12.6. The van der Waals surface area contributed by atoms with Gasteiger partial charge in [-0.05, 0) is 35.4 Å². The minimum Gasteiger partial charge on any atom is -0.302 e. The summed E-state index contributed by atoms with van der Waals surface area (Å²) in [5.74, 6) is -0.842. The second kappa shape index (κ2) is 6.20. The average Bonchev–Trinajstić information content (AvgIpc) is 2.55. The number of nitrogens with one attached hydrogen (secondary N) is 1. The maximum atomic E-state index is 13.1. The van der Waals surface area contributed by atoms with Crippen LogP contribution >= 0.6 is 0 Å². The van der Waals surface area contributed by atoms with Gasteiger partial charge in [-0.3, -0.25) is 4.79 Å². The number of piperidine rings is 1. The molecule has 0 aromatic heterocycles. The van der Waals surface area contributed by atoms with E-state index in [2.05, 4.69) is 5.32 Å². The van der Waals surface area contributed by atoms with E-state index in [0.29, 0.717) is 0 Å². The van der Waals surface area contributed by atoms with Gasteiger partial charge in [-0.25, -0.2) is 8.78 Å². The number of hydrogen-bond acceptors (Lipinski definition) is 2. The molecular weight excluding hydrogens is 296 g/mol. The van der Waals surface area contributed by atoms with E-state index in [-0.39, 0.29) is 41.3 Å². The van der Waals surface area contributed by atoms with Gasteiger partial charge in [-0.1, -0.05) is 38.1 Å². The van der Waals surface area contributed by atoms with Crippen LogP contribution in [0, 0.1) is 23.5 Å². The molecular formula is C19H19F2NO. The Balaban J connectivity index is 1.94. The lowest BCUT2D eigenvalue weighted by Gasteiger charge is -2.39. The molecule has 1 aliphatic heterocycles. The first-order valence-electron chi connectivity index (χ1n) is 7.78. The van der Waals surface area contributed by atoms with Gasteiger partial charge in [-0.2, -0.15) is 0 Å². The molecule has 3 rings (SSSR count). The molecule has 0 amide bonds. The number of carbonyl (C=O) groups excluding carboxylic acids is 1. The van der Waals surface area contributed by atoms with E-state index >= 15 is 0 Å². The van der Waals surface area contributed by atoms with Crippen molar-refractivity contribution < 1.29 is 13.6 Å². The SMILES string of the molecule is C[C@@H]1C(=O)[C@H](C)[C@@H](c2ccc(F)cc2)N[C@@H]1c1ccc(F)cc1. The van der Waals surface area contributed by atoms with Crippen molar-refractivity contribution >= 4 is 5.78 Å². The van der Waals surface area contributed by atoms with Crippen molar-refractivity contribution in [1.29, 1.82) is 0 Å². The van der Waals surface area contributed by atoms with Crippen molar-refractivity contribution in [3.63, 3.8) is 0 Å². The summed E-state index contributed by atoms with van der Waals surface area (Å²) < 4.78 is 26.3. The molecule has 4 heteroatoms. The molecule has 1 aliphatic rings. The lowest BCUT2D eigenvalue weighted by atomic mass is 9.76. The average molecular weight is 315 g/mol. The fraction of sp³-hybridized carbons (Fsp3) is 0.316. The van der Waals surface area contributed by atoms with Crippen LogP contribution in [0.4, 0.5) is 8.78 Å². The van der Waals surface area contributed by atoms with Gasteiger partial charge in [0.15, 0.2) is 0 Å². The molecule has 0 aliphatic carbocycles. The van der Waals surface area contributed by atoms with Crippen molar-refractivity contribution in [3.05, 3.63) is 71.3 Å². The van der Waals surface area contributed by atoms with Gasteiger partial charge in [0.1, 0.15) is 17.4 Å². The van der Waals surface area contributed by atoms with Crippen molar-refractivity contribution in [2.45, 2.75) is 25.9 Å². The van der Waals surface area contributed by atoms with E-state index in [0.717, 1.165) is 11.1 Å². The zero-order chi connectivity index (χ0) is 16.6. The first kappa shape index (κ1) is 15.8. The molecule has 2 aromatic carbocycles. The monoisotopic (exact) mass is 315 g/mol. The van der Waals surface area contributed by atoms with Crippen molar-refractivity contribution in [2.24, 2.45) is 11.8 Å². The summed E-state index contributed by atoms with van der Waals surface area (Å²) >= 11 is 0. The van der Waals surface area contributed by atoms with E-state index in [1.165, 1.54) is 24.3 Å². The third kappa shape index (κ3) is 3.04. The highest BCUT2D eigenvalue weighted by Crippen LogP contribution is 2.38. The highest BCUT2D eigenvalue weighted by atomic mass is 19.1. The Kier molecular flexibility index (Phi) is 4.26. The lowest BCUT2D eigenvalue weighted by molar-refractivity contribution is -0.130. The van der Waals surface area contributed by atoms with Crippen LogP contribution < -0.4 is 5.32 Å². The third-order valence-electron chi connectivity index (χ3n) is 4.71. The second-order valence-corrected chi connectivity index (χ2v) is 6.20. The first-order chi connectivity index (χ1) is 11.0. The quantitative estimate of drug-likeness (QED) is 0.900. The molecule has 2 aromatic rings. The number of carbonyl (C=O) groups is 1. The molecule has 1 fully saturated rings. The fourth-order valence-corrected chi connectivity index (χ4v) is 3.34. The highest BCUT2D eigenvalue weighted by Gasteiger charge is 2.40. The minimum absolute atomic E-state index is 0.160. The zero-order valence-electron chi connectivity index (χ0n) is 13.1. The topological polar surface area (TPSA) is 29.1 Å². The predicted molar refractivity (Wildman–Crippen MR) is 84.8 cm³/mol. The second-order valence-electron chi connectivity index (χ2n) is 6.20. The number of ketones is 1. The van der Waals surface area contributed by atoms with Gasteiger partial charge in [0.05, 0.1) is 0 Å². The van der Waals surface area contributed by atoms with Gasteiger partial charge in [-0.15, -0.1) is 0 Å². The van der Waals surface area contributed by atoms with Gasteiger partial charge in [0.25, 0.3) is 0 Å². The molecule has 0 unspecified atom stereocenters. The Hall–Kier alpha value is -2.07. The largest absolute Gasteiger partial charge is 0.302 e. The number of Topliss-reactive ketones (excluding diaryl/α,β-unsaturated/α-hetero) is 1. The molecule has 1 saturated heterocycles. The molecule has 23 heavy (non-hydrogen) atoms. The lowest BCUT2D eigenvalue weighted by Crippen LogP contribution is -2.46. The van der Waals surface area contributed by atoms with E-state index in [1.54, 1.807) is 24.3 Å². The number of hydrogen-bond donors (Lipinski definition) is 1. The summed E-state index contributed by atoms with van der Waals surface area (Å²) in [5.41, 5.74) is 1.76. The summed E-state index contributed by atoms with van der Waals surface area (Å²) in [6.07, 6.45) is 0. The van der Waals surface area contributed by atoms with Crippen LogP contribution in [0.5, 0.6) is 0 Å². The van der Waals surface area contributed by atoms with Crippen LogP contribution in [0.25, 0.3) is 0 Å². The van der Waals surface area contributed by atoms with E-state index in [1.807, 2.05) is 13.8 Å². The predicted octanol–water partition coefficient (Wildman–Crippen LogP) is 4.19. The van der Waals surface area contributed by atoms with Gasteiger partial charge >= 0.3 is 0 Å². The molecule has 0 radical (unpaired) electrons. The Labute approximate surface area is 134 Å². The standard InChI is InChI=1S/C19H19F2NO/c1-11-17(13-3-7-15(20)8-4-13)22-18(12(2)19(11)23)14-5-9-16(21)10-6-14/h3-12,17-18,22H,1-2H3/t11-,12+,17-,18-/m0/s1. The number of benzene rings is 2. The van der Waals surface area contributed by atoms with Crippen LogP contribution in [-0.2, 0) is 4.79 Å². The molecule has 120 valence electrons. The molecule has 2 nitrogen and oxygen atoms in total. The zero-order valence-corrected chi connectivity index (χ0v) is 13.1. The molecule has 1 heterocycles. The molecule has 4 atom stereocenters. The van der Waals surface area contributed by atoms with Crippen molar-refractivity contribution in [2.75, 3.05) is 0 Å². The molecule has 0 bridgehead atoms. The Bertz CT molecular complexity index is 637.